The van der Waals surface area contributed by atoms with E-state index in [9.17, 15) is 10.1 Å². The summed E-state index contributed by atoms with van der Waals surface area (Å²) in [4.78, 5) is 18.2. The van der Waals surface area contributed by atoms with E-state index in [1.54, 1.807) is 10.8 Å². The van der Waals surface area contributed by atoms with E-state index in [0.717, 1.165) is 10.2 Å². The van der Waals surface area contributed by atoms with Crippen LogP contribution in [0.5, 0.6) is 6.01 Å². The number of ether oxygens (including phenoxy) is 1. The molecule has 0 N–H and O–H groups in total. The van der Waals surface area contributed by atoms with Crippen molar-refractivity contribution < 1.29 is 9.66 Å². The molecule has 8 heteroatoms. The van der Waals surface area contributed by atoms with Gasteiger partial charge in [0.25, 0.3) is 0 Å². The number of imidazole rings is 1. The highest BCUT2D eigenvalue weighted by molar-refractivity contribution is 9.10. The SMILES string of the molecule is CC1(c2ccc(Br)cn2)Cn2cc([N+](=O)[O-])nc2O1. The predicted octanol–water partition coefficient (Wildman–Crippen LogP) is 2.26. The number of nitrogens with zero attached hydrogens (tertiary/aromatic N) is 4. The molecule has 7 nitrogen and oxygen atoms in total. The van der Waals surface area contributed by atoms with Crippen molar-refractivity contribution in [3.05, 3.63) is 44.8 Å². The van der Waals surface area contributed by atoms with Gasteiger partial charge in [0.15, 0.2) is 5.60 Å². The highest BCUT2D eigenvalue weighted by Crippen LogP contribution is 2.36. The van der Waals surface area contributed by atoms with E-state index in [1.165, 1.54) is 6.20 Å². The molecule has 1 aliphatic rings. The molecule has 98 valence electrons. The van der Waals surface area contributed by atoms with Gasteiger partial charge >= 0.3 is 11.8 Å². The highest BCUT2D eigenvalue weighted by Gasteiger charge is 2.42. The molecule has 3 rings (SSSR count). The lowest BCUT2D eigenvalue weighted by molar-refractivity contribution is -0.389. The number of aromatic nitrogens is 3. The number of nitro groups is 1. The number of fused-ring (bicyclic) bond motifs is 1. The number of hydrogen-bond donors (Lipinski definition) is 0. The third kappa shape index (κ3) is 1.97. The summed E-state index contributed by atoms with van der Waals surface area (Å²) in [6, 6.07) is 3.98. The first-order valence-corrected chi connectivity index (χ1v) is 6.30. The maximum atomic E-state index is 10.6. The Labute approximate surface area is 116 Å². The third-order valence-electron chi connectivity index (χ3n) is 2.97. The van der Waals surface area contributed by atoms with Crippen LogP contribution >= 0.6 is 15.9 Å². The molecule has 0 aliphatic carbocycles. The second-order valence-electron chi connectivity index (χ2n) is 4.46. The second kappa shape index (κ2) is 4.02. The maximum absolute atomic E-state index is 10.6. The van der Waals surface area contributed by atoms with Crippen LogP contribution in [0.3, 0.4) is 0 Å². The van der Waals surface area contributed by atoms with Gasteiger partial charge in [-0.2, -0.15) is 0 Å². The molecule has 2 aromatic rings. The Bertz CT molecular complexity index is 629. The number of pyridine rings is 1. The van der Waals surface area contributed by atoms with E-state index >= 15 is 0 Å². The molecular formula is C11H9BrN4O3. The topological polar surface area (TPSA) is 83.1 Å². The fourth-order valence-corrected chi connectivity index (χ4v) is 2.28. The van der Waals surface area contributed by atoms with E-state index in [4.69, 9.17) is 4.74 Å². The lowest BCUT2D eigenvalue weighted by Crippen LogP contribution is -2.29. The lowest BCUT2D eigenvalue weighted by atomic mass is 10.0. The van der Waals surface area contributed by atoms with Crippen molar-refractivity contribution in [3.63, 3.8) is 0 Å². The fourth-order valence-electron chi connectivity index (χ4n) is 2.05. The Balaban J connectivity index is 1.91. The van der Waals surface area contributed by atoms with E-state index in [0.29, 0.717) is 6.54 Å². The first-order valence-electron chi connectivity index (χ1n) is 5.50. The minimum Gasteiger partial charge on any atom is -0.431 e. The average Bonchev–Trinajstić information content (AvgIpc) is 2.85. The van der Waals surface area contributed by atoms with Crippen LogP contribution in [-0.2, 0) is 12.1 Å². The van der Waals surface area contributed by atoms with Gasteiger partial charge in [0.2, 0.25) is 0 Å². The highest BCUT2D eigenvalue weighted by atomic mass is 79.9. The van der Waals surface area contributed by atoms with Gasteiger partial charge in [0, 0.05) is 15.7 Å². The van der Waals surface area contributed by atoms with Crippen LogP contribution in [0.4, 0.5) is 5.82 Å². The van der Waals surface area contributed by atoms with Crippen molar-refractivity contribution in [2.45, 2.75) is 19.1 Å². The summed E-state index contributed by atoms with van der Waals surface area (Å²) in [7, 11) is 0. The molecule has 0 amide bonds. The molecule has 0 saturated heterocycles. The zero-order valence-corrected chi connectivity index (χ0v) is 11.5. The minimum absolute atomic E-state index is 0.208. The first-order chi connectivity index (χ1) is 8.98. The van der Waals surface area contributed by atoms with Gasteiger partial charge in [0.1, 0.15) is 6.20 Å². The van der Waals surface area contributed by atoms with Crippen LogP contribution in [-0.4, -0.2) is 19.5 Å². The van der Waals surface area contributed by atoms with Gasteiger partial charge in [-0.3, -0.25) is 9.55 Å². The monoisotopic (exact) mass is 324 g/mol. The Hall–Kier alpha value is -1.96. The third-order valence-corrected chi connectivity index (χ3v) is 3.44. The van der Waals surface area contributed by atoms with Gasteiger partial charge in [-0.25, -0.2) is 0 Å². The molecule has 0 bridgehead atoms. The van der Waals surface area contributed by atoms with Crippen molar-refractivity contribution in [2.75, 3.05) is 0 Å². The van der Waals surface area contributed by atoms with E-state index < -0.39 is 10.5 Å². The Morgan fingerprint density at radius 2 is 2.37 bits per heavy atom. The summed E-state index contributed by atoms with van der Waals surface area (Å²) >= 11 is 3.32. The fraction of sp³-hybridized carbons (Fsp3) is 0.273. The van der Waals surface area contributed by atoms with Gasteiger partial charge in [-0.05, 0) is 39.9 Å². The first kappa shape index (κ1) is 12.1. The molecule has 3 heterocycles. The molecule has 0 aromatic carbocycles. The second-order valence-corrected chi connectivity index (χ2v) is 5.38. The summed E-state index contributed by atoms with van der Waals surface area (Å²) in [5, 5.41) is 10.6. The van der Waals surface area contributed by atoms with Crippen molar-refractivity contribution in [1.82, 2.24) is 14.5 Å². The smallest absolute Gasteiger partial charge is 0.415 e. The standard InChI is InChI=1S/C11H9BrN4O3/c1-11(8-3-2-7(12)4-13-8)6-15-5-9(16(17)18)14-10(15)19-11/h2-5H,6H2,1H3. The van der Waals surface area contributed by atoms with Crippen LogP contribution in [0.1, 0.15) is 12.6 Å². The number of rotatable bonds is 2. The van der Waals surface area contributed by atoms with E-state index in [1.807, 2.05) is 19.1 Å². The number of hydrogen-bond acceptors (Lipinski definition) is 5. The van der Waals surface area contributed by atoms with Crippen LogP contribution in [0.2, 0.25) is 0 Å². The van der Waals surface area contributed by atoms with Crippen LogP contribution in [0.25, 0.3) is 0 Å². The normalized spacial score (nSPS) is 20.9. The van der Waals surface area contributed by atoms with Crippen molar-refractivity contribution in [1.29, 1.82) is 0 Å². The molecule has 19 heavy (non-hydrogen) atoms. The molecule has 1 aliphatic heterocycles. The van der Waals surface area contributed by atoms with Crippen molar-refractivity contribution >= 4 is 21.7 Å². The maximum Gasteiger partial charge on any atom is 0.415 e. The molecule has 2 aromatic heterocycles. The summed E-state index contributed by atoms with van der Waals surface area (Å²) in [5.41, 5.74) is 0.0990. The van der Waals surface area contributed by atoms with Crippen molar-refractivity contribution in [2.24, 2.45) is 0 Å². The van der Waals surface area contributed by atoms with Crippen LogP contribution in [0, 0.1) is 10.1 Å². The molecule has 0 saturated carbocycles. The van der Waals surface area contributed by atoms with Crippen LogP contribution in [0.15, 0.2) is 29.0 Å². The zero-order valence-electron chi connectivity index (χ0n) is 9.91. The molecule has 0 spiro atoms. The Kier molecular flexibility index (Phi) is 2.56. The van der Waals surface area contributed by atoms with E-state index in [2.05, 4.69) is 25.9 Å². The summed E-state index contributed by atoms with van der Waals surface area (Å²) in [5.74, 6) is -0.208. The van der Waals surface area contributed by atoms with Crippen molar-refractivity contribution in [3.8, 4) is 6.01 Å². The number of halogens is 1. The van der Waals surface area contributed by atoms with Gasteiger partial charge in [0.05, 0.1) is 12.2 Å². The quantitative estimate of drug-likeness (QED) is 0.625. The molecule has 1 unspecified atom stereocenters. The van der Waals surface area contributed by atoms with E-state index in [-0.39, 0.29) is 11.8 Å². The summed E-state index contributed by atoms with van der Waals surface area (Å²) < 4.78 is 8.23. The molecule has 0 fully saturated rings. The largest absolute Gasteiger partial charge is 0.431 e. The zero-order chi connectivity index (χ0) is 13.6. The Morgan fingerprint density at radius 3 is 2.95 bits per heavy atom. The lowest BCUT2D eigenvalue weighted by Gasteiger charge is -2.20. The predicted molar refractivity (Wildman–Crippen MR) is 68.8 cm³/mol. The molecular weight excluding hydrogens is 316 g/mol. The van der Waals surface area contributed by atoms with Gasteiger partial charge in [-0.1, -0.05) is 0 Å². The van der Waals surface area contributed by atoms with Gasteiger partial charge < -0.3 is 14.9 Å². The summed E-state index contributed by atoms with van der Waals surface area (Å²) in [6.07, 6.45) is 3.06. The van der Waals surface area contributed by atoms with Gasteiger partial charge in [-0.15, -0.1) is 0 Å². The minimum atomic E-state index is -0.655. The average molecular weight is 325 g/mol. The molecule has 1 atom stereocenters. The summed E-state index contributed by atoms with van der Waals surface area (Å²) in [6.45, 7) is 2.32. The Morgan fingerprint density at radius 1 is 1.58 bits per heavy atom. The molecule has 0 radical (unpaired) electrons. The van der Waals surface area contributed by atoms with Crippen LogP contribution < -0.4 is 4.74 Å².